The number of hydrazine groups is 1. The number of nitrogens with zero attached hydrogens (tertiary/aromatic N) is 1. The number of esters is 1. The van der Waals surface area contributed by atoms with Crippen LogP contribution in [-0.4, -0.2) is 36.3 Å². The quantitative estimate of drug-likeness (QED) is 0.496. The van der Waals surface area contributed by atoms with Crippen molar-refractivity contribution in [3.05, 3.63) is 27.2 Å². The van der Waals surface area contributed by atoms with E-state index >= 15 is 0 Å². The minimum Gasteiger partial charge on any atom is -0.469 e. The summed E-state index contributed by atoms with van der Waals surface area (Å²) in [5.74, 6) is -0.477. The molecule has 1 aromatic rings. The molecule has 0 aliphatic carbocycles. The van der Waals surface area contributed by atoms with Gasteiger partial charge in [0.2, 0.25) is 5.13 Å². The van der Waals surface area contributed by atoms with Crippen molar-refractivity contribution in [2.24, 2.45) is 0 Å². The Hall–Kier alpha value is -1.22. The number of carbonyl (C=O) groups is 1. The van der Waals surface area contributed by atoms with E-state index < -0.39 is 11.1 Å². The number of thiocarbonyl (C=S) groups is 1. The van der Waals surface area contributed by atoms with Gasteiger partial charge in [-0.3, -0.25) is 9.80 Å². The van der Waals surface area contributed by atoms with Gasteiger partial charge in [0.15, 0.2) is 5.11 Å². The monoisotopic (exact) mass is 349 g/mol. The lowest BCUT2D eigenvalue weighted by molar-refractivity contribution is -0.139. The molecule has 1 aliphatic rings. The smallest absolute Gasteiger partial charge is 0.310 e. The van der Waals surface area contributed by atoms with Crippen LogP contribution in [0.15, 0.2) is 12.2 Å². The Labute approximate surface area is 135 Å². The van der Waals surface area contributed by atoms with Gasteiger partial charge in [-0.05, 0) is 12.2 Å². The lowest BCUT2D eigenvalue weighted by Gasteiger charge is -2.27. The van der Waals surface area contributed by atoms with Crippen LogP contribution in [-0.2, 0) is 16.0 Å². The molecule has 0 aromatic carbocycles. The van der Waals surface area contributed by atoms with Gasteiger partial charge >= 0.3 is 5.97 Å². The van der Waals surface area contributed by atoms with Crippen LogP contribution in [0.25, 0.3) is 0 Å². The minimum atomic E-state index is -0.520. The molecular formula is C12H13ClFN3O2S2. The third-order valence-corrected chi connectivity index (χ3v) is 4.57. The van der Waals surface area contributed by atoms with Gasteiger partial charge < -0.3 is 10.1 Å². The van der Waals surface area contributed by atoms with Crippen LogP contribution in [0.5, 0.6) is 0 Å². The Kier molecular flexibility index (Phi) is 5.51. The number of hydrogen-bond donors (Lipinski definition) is 2. The first-order chi connectivity index (χ1) is 10.0. The second-order valence-corrected chi connectivity index (χ2v) is 5.94. The molecule has 1 aliphatic heterocycles. The molecule has 1 aromatic heterocycles. The van der Waals surface area contributed by atoms with Gasteiger partial charge in [-0.25, -0.2) is 5.43 Å². The fraction of sp³-hybridized carbons (Fsp3) is 0.333. The Morgan fingerprint density at radius 2 is 2.43 bits per heavy atom. The molecule has 0 radical (unpaired) electrons. The summed E-state index contributed by atoms with van der Waals surface area (Å²) in [6.45, 7) is 1.22. The summed E-state index contributed by atoms with van der Waals surface area (Å²) >= 11 is 12.1. The van der Waals surface area contributed by atoms with Crippen molar-refractivity contribution in [1.29, 1.82) is 0 Å². The topological polar surface area (TPSA) is 53.6 Å². The number of rotatable bonds is 3. The van der Waals surface area contributed by atoms with Crippen molar-refractivity contribution >= 4 is 51.9 Å². The van der Waals surface area contributed by atoms with Gasteiger partial charge in [0.25, 0.3) is 0 Å². The fourth-order valence-corrected chi connectivity index (χ4v) is 3.13. The first-order valence-electron chi connectivity index (χ1n) is 6.03. The number of halogens is 2. The summed E-state index contributed by atoms with van der Waals surface area (Å²) in [6, 6.07) is 0. The molecule has 0 bridgehead atoms. The molecule has 0 fully saturated rings. The van der Waals surface area contributed by atoms with Crippen molar-refractivity contribution in [2.75, 3.05) is 25.5 Å². The van der Waals surface area contributed by atoms with Crippen LogP contribution in [0.2, 0.25) is 5.02 Å². The Bertz CT molecular complexity index is 591. The van der Waals surface area contributed by atoms with Gasteiger partial charge in [0.1, 0.15) is 5.69 Å². The number of anilines is 1. The van der Waals surface area contributed by atoms with Crippen LogP contribution in [0, 0.1) is 5.13 Å². The first-order valence-corrected chi connectivity index (χ1v) is 7.63. The zero-order valence-electron chi connectivity index (χ0n) is 11.1. The van der Waals surface area contributed by atoms with E-state index in [1.165, 1.54) is 7.11 Å². The summed E-state index contributed by atoms with van der Waals surface area (Å²) in [6.07, 6.45) is 3.83. The molecule has 114 valence electrons. The molecular weight excluding hydrogens is 337 g/mol. The lowest BCUT2D eigenvalue weighted by Crippen LogP contribution is -2.47. The summed E-state index contributed by atoms with van der Waals surface area (Å²) < 4.78 is 18.5. The standard InChI is InChI=1S/C12H13ClFN3O2S2/c1-19-8(18)6-7-9(13)10(11(14)21-7)16-12(20)17-5-3-2-4-15-17/h2-3,15H,4-6H2,1H3,(H,16,20). The highest BCUT2D eigenvalue weighted by molar-refractivity contribution is 7.80. The fourth-order valence-electron chi connectivity index (χ4n) is 1.67. The summed E-state index contributed by atoms with van der Waals surface area (Å²) in [7, 11) is 1.27. The average Bonchev–Trinajstić information content (AvgIpc) is 2.75. The normalized spacial score (nSPS) is 14.1. The number of thiophene rings is 1. The summed E-state index contributed by atoms with van der Waals surface area (Å²) in [5, 5.41) is 4.38. The maximum Gasteiger partial charge on any atom is 0.310 e. The van der Waals surface area contributed by atoms with Crippen molar-refractivity contribution in [3.8, 4) is 0 Å². The zero-order chi connectivity index (χ0) is 15.4. The molecule has 0 saturated carbocycles. The third-order valence-electron chi connectivity index (χ3n) is 2.74. The molecule has 2 N–H and O–H groups in total. The molecule has 5 nitrogen and oxygen atoms in total. The van der Waals surface area contributed by atoms with Crippen LogP contribution in [0.4, 0.5) is 10.1 Å². The van der Waals surface area contributed by atoms with Crippen molar-refractivity contribution in [3.63, 3.8) is 0 Å². The number of carbonyl (C=O) groups excluding carboxylic acids is 1. The molecule has 21 heavy (non-hydrogen) atoms. The van der Waals surface area contributed by atoms with E-state index in [9.17, 15) is 9.18 Å². The second-order valence-electron chi connectivity index (χ2n) is 4.12. The van der Waals surface area contributed by atoms with E-state index in [1.54, 1.807) is 5.01 Å². The van der Waals surface area contributed by atoms with Gasteiger partial charge in [-0.2, -0.15) is 4.39 Å². The molecule has 0 unspecified atom stereocenters. The van der Waals surface area contributed by atoms with Gasteiger partial charge in [0.05, 0.1) is 25.1 Å². The van der Waals surface area contributed by atoms with E-state index in [4.69, 9.17) is 23.8 Å². The molecule has 0 amide bonds. The van der Waals surface area contributed by atoms with E-state index in [0.717, 1.165) is 11.3 Å². The van der Waals surface area contributed by atoms with Gasteiger partial charge in [-0.1, -0.05) is 23.8 Å². The largest absolute Gasteiger partial charge is 0.469 e. The van der Waals surface area contributed by atoms with Crippen LogP contribution < -0.4 is 10.7 Å². The highest BCUT2D eigenvalue weighted by atomic mass is 35.5. The maximum absolute atomic E-state index is 14.0. The van der Waals surface area contributed by atoms with E-state index in [0.29, 0.717) is 23.1 Å². The predicted octanol–water partition coefficient (Wildman–Crippen LogP) is 2.33. The van der Waals surface area contributed by atoms with Crippen LogP contribution >= 0.6 is 35.2 Å². The third kappa shape index (κ3) is 3.91. The average molecular weight is 350 g/mol. The van der Waals surface area contributed by atoms with E-state index in [1.807, 2.05) is 12.2 Å². The maximum atomic E-state index is 14.0. The zero-order valence-corrected chi connectivity index (χ0v) is 13.5. The molecule has 2 heterocycles. The Morgan fingerprint density at radius 1 is 1.67 bits per heavy atom. The first kappa shape index (κ1) is 16.2. The number of nitrogens with one attached hydrogen (secondary N) is 2. The van der Waals surface area contributed by atoms with Gasteiger partial charge in [0, 0.05) is 11.4 Å². The van der Waals surface area contributed by atoms with Crippen LogP contribution in [0.3, 0.4) is 0 Å². The molecule has 0 spiro atoms. The SMILES string of the molecule is COC(=O)Cc1sc(F)c(NC(=S)N2CC=CCN2)c1Cl. The summed E-state index contributed by atoms with van der Waals surface area (Å²) in [5.41, 5.74) is 3.12. The summed E-state index contributed by atoms with van der Waals surface area (Å²) in [4.78, 5) is 11.7. The Balaban J connectivity index is 2.11. The van der Waals surface area contributed by atoms with Gasteiger partial charge in [-0.15, -0.1) is 11.3 Å². The minimum absolute atomic E-state index is 0.0733. The van der Waals surface area contributed by atoms with Crippen LogP contribution in [0.1, 0.15) is 4.88 Å². The predicted molar refractivity (Wildman–Crippen MR) is 85.1 cm³/mol. The van der Waals surface area contributed by atoms with E-state index in [-0.39, 0.29) is 17.1 Å². The van der Waals surface area contributed by atoms with E-state index in [2.05, 4.69) is 15.5 Å². The second kappa shape index (κ2) is 7.17. The highest BCUT2D eigenvalue weighted by Crippen LogP contribution is 2.36. The Morgan fingerprint density at radius 3 is 3.05 bits per heavy atom. The van der Waals surface area contributed by atoms with Crippen molar-refractivity contribution in [2.45, 2.75) is 6.42 Å². The molecule has 0 saturated heterocycles. The molecule has 9 heteroatoms. The number of methoxy groups -OCH3 is 1. The molecule has 2 rings (SSSR count). The highest BCUT2D eigenvalue weighted by Gasteiger charge is 2.21. The lowest BCUT2D eigenvalue weighted by atomic mass is 10.3. The van der Waals surface area contributed by atoms with Crippen molar-refractivity contribution in [1.82, 2.24) is 10.4 Å². The molecule has 0 atom stereocenters. The number of ether oxygens (including phenoxy) is 1. The number of hydrogen-bond acceptors (Lipinski definition) is 5. The van der Waals surface area contributed by atoms with Crippen molar-refractivity contribution < 1.29 is 13.9 Å².